The number of fused-ring (bicyclic) bond motifs is 1. The van der Waals surface area contributed by atoms with E-state index in [4.69, 9.17) is 4.74 Å². The van der Waals surface area contributed by atoms with Crippen LogP contribution in [-0.4, -0.2) is 36.4 Å². The van der Waals surface area contributed by atoms with Crippen LogP contribution < -0.4 is 10.6 Å². The third kappa shape index (κ3) is 6.13. The van der Waals surface area contributed by atoms with Crippen LogP contribution in [0.15, 0.2) is 84.8 Å². The number of aryl methyl sites for hydroxylation is 2. The van der Waals surface area contributed by atoms with E-state index in [-0.39, 0.29) is 11.6 Å². The van der Waals surface area contributed by atoms with Crippen LogP contribution in [0.25, 0.3) is 16.8 Å². The zero-order valence-corrected chi connectivity index (χ0v) is 21.6. The fourth-order valence-corrected chi connectivity index (χ4v) is 4.44. The van der Waals surface area contributed by atoms with Crippen molar-refractivity contribution >= 4 is 34.6 Å². The maximum absolute atomic E-state index is 13.2. The van der Waals surface area contributed by atoms with Crippen LogP contribution in [0.4, 0.5) is 0 Å². The molecular weight excluding hydrogens is 478 g/mol. The van der Waals surface area contributed by atoms with Gasteiger partial charge < -0.3 is 15.4 Å². The topological polar surface area (TPSA) is 97.4 Å². The standard InChI is InChI=1S/C31H29N3O4/c1-20-17-25(29(35)33-16-13-24-9-6-8-23-7-4-5-10-26(23)24)18-21(2)28(20)30(36)34-27(31(37)38-3)19-22-11-14-32-15-12-22/h4-12,14-15,17-19H,13,16H2,1-3H3,(H,33,35)(H,34,36)/b27-19-. The van der Waals surface area contributed by atoms with Gasteiger partial charge in [-0.15, -0.1) is 0 Å². The highest BCUT2D eigenvalue weighted by Crippen LogP contribution is 2.20. The van der Waals surface area contributed by atoms with E-state index in [1.807, 2.05) is 18.2 Å². The second-order valence-electron chi connectivity index (χ2n) is 8.91. The summed E-state index contributed by atoms with van der Waals surface area (Å²) in [5.74, 6) is -1.35. The van der Waals surface area contributed by atoms with Crippen molar-refractivity contribution in [1.29, 1.82) is 0 Å². The van der Waals surface area contributed by atoms with Crippen LogP contribution in [0.3, 0.4) is 0 Å². The summed E-state index contributed by atoms with van der Waals surface area (Å²) >= 11 is 0. The number of esters is 1. The molecule has 192 valence electrons. The average molecular weight is 508 g/mol. The molecule has 0 fully saturated rings. The molecule has 1 aromatic heterocycles. The first-order valence-corrected chi connectivity index (χ1v) is 12.2. The Labute approximate surface area is 221 Å². The largest absolute Gasteiger partial charge is 0.464 e. The van der Waals surface area contributed by atoms with Crippen molar-refractivity contribution < 1.29 is 19.1 Å². The lowest BCUT2D eigenvalue weighted by molar-refractivity contribution is -0.136. The number of methoxy groups -OCH3 is 1. The van der Waals surface area contributed by atoms with E-state index in [9.17, 15) is 14.4 Å². The maximum Gasteiger partial charge on any atom is 0.354 e. The summed E-state index contributed by atoms with van der Waals surface area (Å²) in [7, 11) is 1.25. The van der Waals surface area contributed by atoms with Gasteiger partial charge in [-0.3, -0.25) is 14.6 Å². The number of rotatable bonds is 8. The quantitative estimate of drug-likeness (QED) is 0.265. The van der Waals surface area contributed by atoms with Gasteiger partial charge in [0.15, 0.2) is 0 Å². The number of ether oxygens (including phenoxy) is 1. The Morgan fingerprint density at radius 2 is 1.58 bits per heavy atom. The summed E-state index contributed by atoms with van der Waals surface area (Å²) in [4.78, 5) is 42.3. The molecule has 7 heteroatoms. The zero-order chi connectivity index (χ0) is 27.1. The molecule has 0 unspecified atom stereocenters. The molecule has 0 aliphatic carbocycles. The molecule has 2 N–H and O–H groups in total. The lowest BCUT2D eigenvalue weighted by atomic mass is 9.98. The Bertz CT molecular complexity index is 1500. The number of carbonyl (C=O) groups is 3. The SMILES string of the molecule is COC(=O)/C(=C/c1ccncc1)NC(=O)c1c(C)cc(C(=O)NCCc2cccc3ccccc23)cc1C. The fraction of sp³-hybridized carbons (Fsp3) is 0.161. The second kappa shape index (κ2) is 12.0. The van der Waals surface area contributed by atoms with Crippen molar-refractivity contribution in [3.63, 3.8) is 0 Å². The summed E-state index contributed by atoms with van der Waals surface area (Å²) < 4.78 is 4.83. The van der Waals surface area contributed by atoms with Gasteiger partial charge in [-0.05, 0) is 83.6 Å². The molecular formula is C31H29N3O4. The summed E-state index contributed by atoms with van der Waals surface area (Å²) in [6, 6.07) is 21.1. The van der Waals surface area contributed by atoms with Crippen LogP contribution in [0.1, 0.15) is 43.0 Å². The monoisotopic (exact) mass is 507 g/mol. The second-order valence-corrected chi connectivity index (χ2v) is 8.91. The number of pyridine rings is 1. The molecule has 0 aliphatic rings. The molecule has 0 atom stereocenters. The highest BCUT2D eigenvalue weighted by atomic mass is 16.5. The van der Waals surface area contributed by atoms with Gasteiger partial charge in [-0.25, -0.2) is 4.79 Å². The van der Waals surface area contributed by atoms with Crippen LogP contribution in [0, 0.1) is 13.8 Å². The molecule has 0 aliphatic heterocycles. The molecule has 0 saturated carbocycles. The van der Waals surface area contributed by atoms with E-state index < -0.39 is 11.9 Å². The molecule has 2 amide bonds. The molecule has 3 aromatic carbocycles. The molecule has 0 bridgehead atoms. The summed E-state index contributed by atoms with van der Waals surface area (Å²) in [6.07, 6.45) is 5.39. The van der Waals surface area contributed by atoms with E-state index >= 15 is 0 Å². The average Bonchev–Trinajstić information content (AvgIpc) is 2.92. The highest BCUT2D eigenvalue weighted by Gasteiger charge is 2.20. The first kappa shape index (κ1) is 26.3. The van der Waals surface area contributed by atoms with Gasteiger partial charge >= 0.3 is 5.97 Å². The van der Waals surface area contributed by atoms with Gasteiger partial charge in [0.1, 0.15) is 5.70 Å². The van der Waals surface area contributed by atoms with Gasteiger partial charge in [0.2, 0.25) is 0 Å². The van der Waals surface area contributed by atoms with Crippen molar-refractivity contribution in [2.45, 2.75) is 20.3 Å². The number of amides is 2. The summed E-state index contributed by atoms with van der Waals surface area (Å²) in [5.41, 5.74) is 3.95. The molecule has 7 nitrogen and oxygen atoms in total. The lowest BCUT2D eigenvalue weighted by Gasteiger charge is -2.14. The van der Waals surface area contributed by atoms with Crippen molar-refractivity contribution in [2.24, 2.45) is 0 Å². The van der Waals surface area contributed by atoms with Crippen molar-refractivity contribution in [2.75, 3.05) is 13.7 Å². The minimum atomic E-state index is -0.673. The van der Waals surface area contributed by atoms with Crippen LogP contribution in [0.2, 0.25) is 0 Å². The van der Waals surface area contributed by atoms with Crippen molar-refractivity contribution in [3.8, 4) is 0 Å². The van der Waals surface area contributed by atoms with Crippen molar-refractivity contribution in [3.05, 3.63) is 118 Å². The van der Waals surface area contributed by atoms with E-state index in [1.165, 1.54) is 29.5 Å². The van der Waals surface area contributed by atoms with Crippen LogP contribution in [-0.2, 0) is 16.0 Å². The number of nitrogens with zero attached hydrogens (tertiary/aromatic N) is 1. The third-order valence-corrected chi connectivity index (χ3v) is 6.25. The molecule has 4 aromatic rings. The van der Waals surface area contributed by atoms with Crippen LogP contribution >= 0.6 is 0 Å². The first-order valence-electron chi connectivity index (χ1n) is 12.2. The zero-order valence-electron chi connectivity index (χ0n) is 21.6. The molecule has 1 heterocycles. The maximum atomic E-state index is 13.2. The Morgan fingerprint density at radius 3 is 2.29 bits per heavy atom. The van der Waals surface area contributed by atoms with Gasteiger partial charge in [0, 0.05) is 30.1 Å². The third-order valence-electron chi connectivity index (χ3n) is 6.25. The predicted molar refractivity (Wildman–Crippen MR) is 148 cm³/mol. The smallest absolute Gasteiger partial charge is 0.354 e. The number of hydrogen-bond donors (Lipinski definition) is 2. The molecule has 0 radical (unpaired) electrons. The lowest BCUT2D eigenvalue weighted by Crippen LogP contribution is -2.30. The highest BCUT2D eigenvalue weighted by molar-refractivity contribution is 6.05. The molecule has 38 heavy (non-hydrogen) atoms. The Hall–Kier alpha value is -4.78. The molecule has 0 saturated heterocycles. The van der Waals surface area contributed by atoms with Gasteiger partial charge in [-0.1, -0.05) is 42.5 Å². The molecule has 4 rings (SSSR count). The number of benzene rings is 3. The Morgan fingerprint density at radius 1 is 0.895 bits per heavy atom. The minimum absolute atomic E-state index is 0.00208. The normalized spacial score (nSPS) is 11.2. The summed E-state index contributed by atoms with van der Waals surface area (Å²) in [5, 5.41) is 7.98. The van der Waals surface area contributed by atoms with Gasteiger partial charge in [0.25, 0.3) is 11.8 Å². The number of nitrogens with one attached hydrogen (secondary N) is 2. The number of carbonyl (C=O) groups excluding carboxylic acids is 3. The van der Waals surface area contributed by atoms with E-state index in [1.54, 1.807) is 50.5 Å². The van der Waals surface area contributed by atoms with E-state index in [0.717, 1.165) is 0 Å². The predicted octanol–water partition coefficient (Wildman–Crippen LogP) is 4.77. The Kier molecular flexibility index (Phi) is 8.28. The molecule has 0 spiro atoms. The minimum Gasteiger partial charge on any atom is -0.464 e. The van der Waals surface area contributed by atoms with E-state index in [0.29, 0.717) is 40.8 Å². The first-order chi connectivity index (χ1) is 18.4. The Balaban J connectivity index is 1.46. The fourth-order valence-electron chi connectivity index (χ4n) is 4.44. The number of aromatic nitrogens is 1. The van der Waals surface area contributed by atoms with Gasteiger partial charge in [0.05, 0.1) is 7.11 Å². The number of hydrogen-bond acceptors (Lipinski definition) is 5. The van der Waals surface area contributed by atoms with Crippen molar-refractivity contribution in [1.82, 2.24) is 15.6 Å². The van der Waals surface area contributed by atoms with Crippen LogP contribution in [0.5, 0.6) is 0 Å². The summed E-state index contributed by atoms with van der Waals surface area (Å²) in [6.45, 7) is 4.01. The van der Waals surface area contributed by atoms with Gasteiger partial charge in [-0.2, -0.15) is 0 Å². The van der Waals surface area contributed by atoms with E-state index in [2.05, 4.69) is 39.9 Å².